The highest BCUT2D eigenvalue weighted by Gasteiger charge is 2.41. The largest absolute Gasteiger partial charge is 0.416 e. The van der Waals surface area contributed by atoms with Crippen LogP contribution in [0.4, 0.5) is 13.2 Å². The van der Waals surface area contributed by atoms with Crippen LogP contribution in [0.1, 0.15) is 46.7 Å². The molecule has 6 nitrogen and oxygen atoms in total. The number of nitrogens with one attached hydrogen (secondary N) is 1. The molecular weight excluding hydrogens is 511 g/mol. The molecule has 2 fully saturated rings. The zero-order chi connectivity index (χ0) is 26.9. The van der Waals surface area contributed by atoms with Crippen LogP contribution in [-0.2, 0) is 10.9 Å². The maximum atomic E-state index is 13.5. The van der Waals surface area contributed by atoms with Gasteiger partial charge in [0, 0.05) is 49.5 Å². The van der Waals surface area contributed by atoms with E-state index in [2.05, 4.69) is 26.2 Å². The Kier molecular flexibility index (Phi) is 7.74. The topological polar surface area (TPSA) is 45.6 Å². The van der Waals surface area contributed by atoms with E-state index in [0.717, 1.165) is 74.5 Å². The number of ether oxygens (including phenoxy) is 1. The lowest BCUT2D eigenvalue weighted by molar-refractivity contribution is -0.137. The molecule has 2 aliphatic rings. The van der Waals surface area contributed by atoms with Crippen molar-refractivity contribution in [2.24, 2.45) is 0 Å². The van der Waals surface area contributed by atoms with Crippen molar-refractivity contribution in [3.05, 3.63) is 82.9 Å². The van der Waals surface area contributed by atoms with Gasteiger partial charge in [-0.2, -0.15) is 13.2 Å². The number of morpholine rings is 1. The zero-order valence-electron chi connectivity index (χ0n) is 21.5. The molecule has 2 saturated heterocycles. The predicted molar refractivity (Wildman–Crippen MR) is 144 cm³/mol. The van der Waals surface area contributed by atoms with E-state index < -0.39 is 11.7 Å². The fourth-order valence-electron chi connectivity index (χ4n) is 5.58. The third-order valence-corrected chi connectivity index (χ3v) is 7.75. The molecular formula is C28H32F3N5OS. The molecule has 10 heteroatoms. The van der Waals surface area contributed by atoms with Crippen LogP contribution in [0, 0.1) is 13.8 Å². The highest BCUT2D eigenvalue weighted by atomic mass is 32.1. The molecule has 0 saturated carbocycles. The molecule has 5 rings (SSSR count). The Bertz CT molecular complexity index is 1270. The molecule has 0 spiro atoms. The molecule has 0 unspecified atom stereocenters. The first-order chi connectivity index (χ1) is 18.2. The molecule has 2 aromatic heterocycles. The summed E-state index contributed by atoms with van der Waals surface area (Å²) in [4.78, 5) is 9.23. The highest BCUT2D eigenvalue weighted by molar-refractivity contribution is 7.80. The van der Waals surface area contributed by atoms with Crippen LogP contribution in [-0.4, -0.2) is 63.9 Å². The Balaban J connectivity index is 1.49. The minimum atomic E-state index is -4.41. The maximum absolute atomic E-state index is 13.5. The van der Waals surface area contributed by atoms with E-state index in [4.69, 9.17) is 17.0 Å². The Morgan fingerprint density at radius 3 is 2.55 bits per heavy atom. The zero-order valence-corrected chi connectivity index (χ0v) is 22.4. The van der Waals surface area contributed by atoms with Crippen molar-refractivity contribution < 1.29 is 17.9 Å². The molecule has 0 aliphatic carbocycles. The predicted octanol–water partition coefficient (Wildman–Crippen LogP) is 5.20. The minimum absolute atomic E-state index is 0.146. The molecule has 0 amide bonds. The second kappa shape index (κ2) is 11.0. The monoisotopic (exact) mass is 543 g/mol. The molecule has 0 bridgehead atoms. The van der Waals surface area contributed by atoms with E-state index in [1.54, 1.807) is 12.3 Å². The summed E-state index contributed by atoms with van der Waals surface area (Å²) in [6.07, 6.45) is -1.71. The van der Waals surface area contributed by atoms with Gasteiger partial charge in [-0.1, -0.05) is 12.1 Å². The molecule has 1 aromatic carbocycles. The number of pyridine rings is 1. The van der Waals surface area contributed by atoms with E-state index in [1.807, 2.05) is 36.6 Å². The number of benzene rings is 1. The average molecular weight is 544 g/mol. The summed E-state index contributed by atoms with van der Waals surface area (Å²) >= 11 is 5.82. The van der Waals surface area contributed by atoms with Crippen LogP contribution in [0.2, 0.25) is 0 Å². The summed E-state index contributed by atoms with van der Waals surface area (Å²) in [7, 11) is 0. The third kappa shape index (κ3) is 5.43. The van der Waals surface area contributed by atoms with Crippen molar-refractivity contribution in [3.63, 3.8) is 0 Å². The van der Waals surface area contributed by atoms with E-state index in [-0.39, 0.29) is 12.1 Å². The normalized spacial score (nSPS) is 20.7. The summed E-state index contributed by atoms with van der Waals surface area (Å²) in [6, 6.07) is 13.0. The summed E-state index contributed by atoms with van der Waals surface area (Å²) in [5, 5.41) is 4.15. The number of thiocarbonyl (C=S) groups is 1. The van der Waals surface area contributed by atoms with Gasteiger partial charge in [0.15, 0.2) is 5.11 Å². The van der Waals surface area contributed by atoms with Crippen molar-refractivity contribution in [2.45, 2.75) is 38.5 Å². The maximum Gasteiger partial charge on any atom is 0.416 e. The van der Waals surface area contributed by atoms with Gasteiger partial charge in [-0.25, -0.2) is 0 Å². The Morgan fingerprint density at radius 1 is 1.05 bits per heavy atom. The number of alkyl halides is 3. The van der Waals surface area contributed by atoms with Crippen LogP contribution in [0.25, 0.3) is 5.69 Å². The molecule has 2 atom stereocenters. The van der Waals surface area contributed by atoms with Crippen molar-refractivity contribution in [3.8, 4) is 5.69 Å². The molecule has 38 heavy (non-hydrogen) atoms. The Hall–Kier alpha value is -2.95. The van der Waals surface area contributed by atoms with Crippen molar-refractivity contribution >= 4 is 17.3 Å². The lowest BCUT2D eigenvalue weighted by atomic mass is 9.96. The number of rotatable bonds is 7. The van der Waals surface area contributed by atoms with Gasteiger partial charge in [-0.05, 0) is 74.4 Å². The van der Waals surface area contributed by atoms with Gasteiger partial charge in [-0.3, -0.25) is 9.88 Å². The number of hydrogen-bond donors (Lipinski definition) is 1. The number of aryl methyl sites for hydroxylation is 1. The number of aromatic nitrogens is 2. The van der Waals surface area contributed by atoms with Crippen molar-refractivity contribution in [1.82, 2.24) is 24.7 Å². The third-order valence-electron chi connectivity index (χ3n) is 7.40. The van der Waals surface area contributed by atoms with Gasteiger partial charge in [0.1, 0.15) is 0 Å². The second-order valence-corrected chi connectivity index (χ2v) is 10.2. The fourth-order valence-corrected chi connectivity index (χ4v) is 5.91. The van der Waals surface area contributed by atoms with Crippen molar-refractivity contribution in [1.29, 1.82) is 0 Å². The standard InChI is InChI=1S/C28H32F3N5OS/c1-19-17-23(20(2)36(19)22-8-5-7-21(18-22)28(29,30)31)26-25(24-9-3-4-10-32-24)33-27(38)35(26)12-6-11-34-13-15-37-16-14-34/h3-5,7-10,17-18,25-26H,6,11-16H2,1-2H3,(H,33,38)/t25-,26-/m0/s1. The van der Waals surface area contributed by atoms with Gasteiger partial charge < -0.3 is 19.5 Å². The number of nitrogens with zero attached hydrogens (tertiary/aromatic N) is 4. The molecule has 1 N–H and O–H groups in total. The lowest BCUT2D eigenvalue weighted by Gasteiger charge is -2.30. The Labute approximate surface area is 226 Å². The summed E-state index contributed by atoms with van der Waals surface area (Å²) < 4.78 is 47.8. The van der Waals surface area contributed by atoms with Crippen LogP contribution in [0.15, 0.2) is 54.7 Å². The summed E-state index contributed by atoms with van der Waals surface area (Å²) in [6.45, 7) is 8.98. The second-order valence-electron chi connectivity index (χ2n) is 9.84. The molecule has 4 heterocycles. The van der Waals surface area contributed by atoms with Gasteiger partial charge in [0.2, 0.25) is 0 Å². The molecule has 2 aliphatic heterocycles. The SMILES string of the molecule is Cc1cc([C@H]2[C@H](c3ccccn3)NC(=S)N2CCCN2CCOCC2)c(C)n1-c1cccc(C(F)(F)F)c1. The van der Waals surface area contributed by atoms with Crippen LogP contribution < -0.4 is 5.32 Å². The van der Waals surface area contributed by atoms with Gasteiger partial charge >= 0.3 is 6.18 Å². The van der Waals surface area contributed by atoms with Gasteiger partial charge in [0.05, 0.1) is 36.6 Å². The summed E-state index contributed by atoms with van der Waals surface area (Å²) in [5.74, 6) is 0. The highest BCUT2D eigenvalue weighted by Crippen LogP contribution is 2.41. The first-order valence-electron chi connectivity index (χ1n) is 12.9. The van der Waals surface area contributed by atoms with Crippen molar-refractivity contribution in [2.75, 3.05) is 39.4 Å². The number of halogens is 3. The first-order valence-corrected chi connectivity index (χ1v) is 13.3. The summed E-state index contributed by atoms with van der Waals surface area (Å²) in [5.41, 5.74) is 3.47. The first kappa shape index (κ1) is 26.6. The van der Waals surface area contributed by atoms with E-state index >= 15 is 0 Å². The lowest BCUT2D eigenvalue weighted by Crippen LogP contribution is -2.39. The van der Waals surface area contributed by atoms with E-state index in [9.17, 15) is 13.2 Å². The average Bonchev–Trinajstić information content (AvgIpc) is 3.39. The Morgan fingerprint density at radius 2 is 1.84 bits per heavy atom. The fraction of sp³-hybridized carbons (Fsp3) is 0.429. The smallest absolute Gasteiger partial charge is 0.379 e. The van der Waals surface area contributed by atoms with E-state index in [1.165, 1.54) is 12.1 Å². The molecule has 202 valence electrons. The van der Waals surface area contributed by atoms with Gasteiger partial charge in [-0.15, -0.1) is 0 Å². The van der Waals surface area contributed by atoms with Crippen LogP contribution >= 0.6 is 12.2 Å². The quantitative estimate of drug-likeness (QED) is 0.414. The molecule has 0 radical (unpaired) electrons. The van der Waals surface area contributed by atoms with Crippen LogP contribution in [0.5, 0.6) is 0 Å². The van der Waals surface area contributed by atoms with Crippen LogP contribution in [0.3, 0.4) is 0 Å². The number of hydrogen-bond acceptors (Lipinski definition) is 4. The van der Waals surface area contributed by atoms with Gasteiger partial charge in [0.25, 0.3) is 0 Å². The minimum Gasteiger partial charge on any atom is -0.379 e. The van der Waals surface area contributed by atoms with E-state index in [0.29, 0.717) is 10.8 Å². The molecule has 3 aromatic rings.